The minimum atomic E-state index is -3.98. The first kappa shape index (κ1) is 28.5. The lowest BCUT2D eigenvalue weighted by molar-refractivity contribution is 0.0691. The number of carboxylic acids is 1. The predicted octanol–water partition coefficient (Wildman–Crippen LogP) is 6.68. The molecule has 0 saturated heterocycles. The number of carbonyl (C=O) groups is 1. The molecule has 0 radical (unpaired) electrons. The Morgan fingerprint density at radius 2 is 1.95 bits per heavy atom. The summed E-state index contributed by atoms with van der Waals surface area (Å²) in [7, 11) is -3.98. The summed E-state index contributed by atoms with van der Waals surface area (Å²) >= 11 is 1.16. The highest BCUT2D eigenvalue weighted by atomic mass is 32.3. The molecule has 1 fully saturated rings. The Morgan fingerprint density at radius 1 is 1.14 bits per heavy atom. The van der Waals surface area contributed by atoms with E-state index in [0.717, 1.165) is 66.7 Å². The van der Waals surface area contributed by atoms with E-state index in [1.807, 2.05) is 0 Å². The maximum atomic E-state index is 15.1. The number of hydrogen-bond donors (Lipinski definition) is 3. The molecule has 2 aromatic heterocycles. The van der Waals surface area contributed by atoms with Gasteiger partial charge in [-0.25, -0.2) is 23.2 Å². The molecule has 1 saturated carbocycles. The fourth-order valence-corrected chi connectivity index (χ4v) is 6.80. The topological polar surface area (TPSA) is 131 Å². The van der Waals surface area contributed by atoms with Crippen molar-refractivity contribution in [2.45, 2.75) is 56.3 Å². The zero-order valence-corrected chi connectivity index (χ0v) is 24.2. The Morgan fingerprint density at radius 3 is 2.60 bits per heavy atom. The monoisotopic (exact) mass is 611 g/mol. The molecular weight excluding hydrogens is 582 g/mol. The molecule has 4 aromatic rings. The van der Waals surface area contributed by atoms with Crippen LogP contribution in [0.5, 0.6) is 0 Å². The number of carboxylic acid groups (broad SMARTS) is 1. The molecule has 1 atom stereocenters. The Balaban J connectivity index is 1.52. The van der Waals surface area contributed by atoms with Crippen molar-refractivity contribution in [1.82, 2.24) is 14.8 Å². The van der Waals surface area contributed by atoms with Crippen LogP contribution in [0.15, 0.2) is 52.7 Å². The molecule has 2 heterocycles. The van der Waals surface area contributed by atoms with Crippen molar-refractivity contribution in [1.29, 1.82) is 0 Å². The number of aromatic nitrogens is 3. The van der Waals surface area contributed by atoms with Crippen LogP contribution >= 0.6 is 11.3 Å². The largest absolute Gasteiger partial charge is 0.476 e. The van der Waals surface area contributed by atoms with Crippen molar-refractivity contribution in [3.8, 4) is 16.4 Å². The van der Waals surface area contributed by atoms with Crippen LogP contribution in [-0.2, 0) is 27.5 Å². The van der Waals surface area contributed by atoms with Gasteiger partial charge in [0.25, 0.3) is 0 Å². The molecule has 2 aliphatic rings. The molecule has 1 unspecified atom stereocenters. The van der Waals surface area contributed by atoms with Crippen LogP contribution in [0.2, 0.25) is 0 Å². The summed E-state index contributed by atoms with van der Waals surface area (Å²) in [6, 6.07) is 8.86. The smallest absolute Gasteiger partial charge is 0.355 e. The van der Waals surface area contributed by atoms with Crippen LogP contribution in [0, 0.1) is 17.6 Å². The van der Waals surface area contributed by atoms with Gasteiger partial charge >= 0.3 is 16.4 Å². The van der Waals surface area contributed by atoms with Crippen LogP contribution in [-0.4, -0.2) is 30.4 Å². The lowest BCUT2D eigenvalue weighted by atomic mass is 9.91. The van der Waals surface area contributed by atoms with Crippen LogP contribution in [0.1, 0.15) is 71.4 Å². The van der Waals surface area contributed by atoms with Crippen molar-refractivity contribution in [3.05, 3.63) is 87.6 Å². The quantitative estimate of drug-likeness (QED) is 0.181. The molecule has 6 rings (SSSR count). The minimum absolute atomic E-state index is 0.0914. The number of halogens is 2. The molecule has 0 bridgehead atoms. The first-order chi connectivity index (χ1) is 20.1. The Bertz CT molecular complexity index is 1770. The maximum absolute atomic E-state index is 15.1. The third kappa shape index (κ3) is 5.84. The van der Waals surface area contributed by atoms with Crippen LogP contribution in [0.3, 0.4) is 0 Å². The fourth-order valence-electron chi connectivity index (χ4n) is 5.42. The van der Waals surface area contributed by atoms with Gasteiger partial charge in [0, 0.05) is 34.6 Å². The van der Waals surface area contributed by atoms with Crippen molar-refractivity contribution in [3.63, 3.8) is 0 Å². The number of thiazole rings is 1. The molecule has 2 aliphatic carbocycles. The average Bonchev–Trinajstić information content (AvgIpc) is 3.51. The van der Waals surface area contributed by atoms with E-state index in [1.165, 1.54) is 23.6 Å². The third-order valence-electron chi connectivity index (χ3n) is 7.73. The van der Waals surface area contributed by atoms with E-state index >= 15 is 4.39 Å². The van der Waals surface area contributed by atoms with Crippen molar-refractivity contribution in [2.24, 2.45) is 11.1 Å². The number of hydrogen-bond acceptors (Lipinski definition) is 5. The van der Waals surface area contributed by atoms with Gasteiger partial charge in [-0.1, -0.05) is 12.1 Å². The standard InChI is InChI=1S/C30H28F2N4O4S2/c31-23-10-9-20(15-21(23)19-4-2-1-3-5-19)28-22(12-18-8-11-27(24(32)13-18)42(33,39)40)26(14-17-6-7-17)36(35-28)30-34-25(16-41-30)29(37)38/h4,8-11,13,15-17H,1-3,5-7,12,14H2,(H3-,33,37,38,39,40)/p+1. The zero-order valence-electron chi connectivity index (χ0n) is 22.6. The van der Waals surface area contributed by atoms with Gasteiger partial charge in [-0.05, 0) is 90.5 Å². The fraction of sp³-hybridized carbons (Fsp3) is 0.300. The summed E-state index contributed by atoms with van der Waals surface area (Å²) in [5.74, 6) is -1.94. The summed E-state index contributed by atoms with van der Waals surface area (Å²) in [4.78, 5) is 15.4. The van der Waals surface area contributed by atoms with Crippen LogP contribution in [0.25, 0.3) is 22.0 Å². The SMILES string of the molecule is N[S+](=O)(O)c1ccc(Cc2c(-c3ccc(F)c(C4=CCCCC4)c3)nn(-c3nc(C(=O)O)cs3)c2CC2CC2)cc1F. The number of nitrogens with two attached hydrogens (primary N) is 1. The van der Waals surface area contributed by atoms with Crippen molar-refractivity contribution in [2.75, 3.05) is 0 Å². The Labute approximate surface area is 246 Å². The zero-order chi connectivity index (χ0) is 29.6. The van der Waals surface area contributed by atoms with Gasteiger partial charge in [0.05, 0.1) is 11.4 Å². The van der Waals surface area contributed by atoms with Gasteiger partial charge in [-0.3, -0.25) is 0 Å². The van der Waals surface area contributed by atoms with Crippen LogP contribution in [0.4, 0.5) is 8.78 Å². The molecule has 218 valence electrons. The van der Waals surface area contributed by atoms with E-state index in [2.05, 4.69) is 11.1 Å². The second kappa shape index (κ2) is 11.3. The number of allylic oxidation sites excluding steroid dienone is 2. The van der Waals surface area contributed by atoms with Gasteiger partial charge in [0.1, 0.15) is 5.82 Å². The minimum Gasteiger partial charge on any atom is -0.476 e. The molecule has 0 spiro atoms. The molecule has 0 amide bonds. The molecule has 12 heteroatoms. The number of rotatable bonds is 9. The number of benzene rings is 2. The lowest BCUT2D eigenvalue weighted by Gasteiger charge is -2.15. The molecule has 42 heavy (non-hydrogen) atoms. The van der Waals surface area contributed by atoms with E-state index in [-0.39, 0.29) is 17.9 Å². The van der Waals surface area contributed by atoms with E-state index in [0.29, 0.717) is 39.9 Å². The molecule has 2 aromatic carbocycles. The molecular formula is C30H29F2N4O4S2+. The predicted molar refractivity (Wildman–Crippen MR) is 157 cm³/mol. The van der Waals surface area contributed by atoms with E-state index in [1.54, 1.807) is 22.9 Å². The highest BCUT2D eigenvalue weighted by Gasteiger charge is 2.31. The van der Waals surface area contributed by atoms with Gasteiger partial charge < -0.3 is 5.11 Å². The average molecular weight is 612 g/mol. The van der Waals surface area contributed by atoms with Crippen LogP contribution < -0.4 is 5.14 Å². The number of aromatic carboxylic acids is 1. The van der Waals surface area contributed by atoms with Gasteiger partial charge in [0.15, 0.2) is 11.5 Å². The Hall–Kier alpha value is -3.58. The summed E-state index contributed by atoms with van der Waals surface area (Å²) in [5, 5.41) is 21.5. The summed E-state index contributed by atoms with van der Waals surface area (Å²) in [5.41, 5.74) is 4.74. The number of nitrogens with zero attached hydrogens (tertiary/aromatic N) is 3. The normalized spacial score (nSPS) is 16.7. The summed E-state index contributed by atoms with van der Waals surface area (Å²) in [6.07, 6.45) is 8.76. The highest BCUT2D eigenvalue weighted by Crippen LogP contribution is 2.39. The van der Waals surface area contributed by atoms with E-state index in [4.69, 9.17) is 10.2 Å². The molecule has 0 aliphatic heterocycles. The highest BCUT2D eigenvalue weighted by molar-refractivity contribution is 7.95. The summed E-state index contributed by atoms with van der Waals surface area (Å²) < 4.78 is 53.2. The molecule has 8 nitrogen and oxygen atoms in total. The first-order valence-electron chi connectivity index (χ1n) is 13.7. The van der Waals surface area contributed by atoms with Gasteiger partial charge in [-0.2, -0.15) is 9.65 Å². The third-order valence-corrected chi connectivity index (χ3v) is 9.51. The second-order valence-corrected chi connectivity index (χ2v) is 13.2. The van der Waals surface area contributed by atoms with Crippen molar-refractivity contribution >= 4 is 33.3 Å². The first-order valence-corrected chi connectivity index (χ1v) is 16.2. The lowest BCUT2D eigenvalue weighted by Crippen LogP contribution is -2.22. The van der Waals surface area contributed by atoms with E-state index in [9.17, 15) is 23.1 Å². The second-order valence-electron chi connectivity index (χ2n) is 10.8. The summed E-state index contributed by atoms with van der Waals surface area (Å²) in [6.45, 7) is 0. The Kier molecular flexibility index (Phi) is 7.64. The van der Waals surface area contributed by atoms with Crippen molar-refractivity contribution < 1.29 is 27.4 Å². The maximum Gasteiger partial charge on any atom is 0.355 e. The van der Waals surface area contributed by atoms with Gasteiger partial charge in [-0.15, -0.1) is 16.5 Å². The van der Waals surface area contributed by atoms with E-state index < -0.39 is 27.1 Å². The van der Waals surface area contributed by atoms with Gasteiger partial charge in [0.2, 0.25) is 10.0 Å². The molecule has 4 N–H and O–H groups in total.